The highest BCUT2D eigenvalue weighted by Crippen LogP contribution is 2.34. The molecule has 0 aliphatic carbocycles. The predicted molar refractivity (Wildman–Crippen MR) is 112 cm³/mol. The van der Waals surface area contributed by atoms with Gasteiger partial charge in [0.1, 0.15) is 18.1 Å². The molecule has 30 heavy (non-hydrogen) atoms. The van der Waals surface area contributed by atoms with E-state index in [-0.39, 0.29) is 24.8 Å². The van der Waals surface area contributed by atoms with E-state index >= 15 is 0 Å². The standard InChI is InChI=1S/C25H20O5/c1-17-7-9-18(10-8-17)13-23-25(27)21-12-11-20(14-22(21)30-23)28-16-24(26)29-15-19-5-3-2-4-6-19/h2-14H,15-16H2,1H3/b23-13-. The zero-order valence-electron chi connectivity index (χ0n) is 16.5. The van der Waals surface area contributed by atoms with Gasteiger partial charge in [0.05, 0.1) is 5.56 Å². The second-order valence-corrected chi connectivity index (χ2v) is 6.94. The van der Waals surface area contributed by atoms with Crippen molar-refractivity contribution < 1.29 is 23.8 Å². The Morgan fingerprint density at radius 2 is 1.77 bits per heavy atom. The highest BCUT2D eigenvalue weighted by Gasteiger charge is 2.27. The van der Waals surface area contributed by atoms with Crippen LogP contribution in [0.25, 0.3) is 6.08 Å². The number of Topliss-reactive ketones (excluding diaryl/α,β-unsaturated/α-hetero) is 1. The molecule has 3 aromatic rings. The van der Waals surface area contributed by atoms with E-state index in [1.165, 1.54) is 0 Å². The molecular weight excluding hydrogens is 380 g/mol. The first-order chi connectivity index (χ1) is 14.6. The van der Waals surface area contributed by atoms with Gasteiger partial charge in [0.25, 0.3) is 0 Å². The van der Waals surface area contributed by atoms with Gasteiger partial charge in [0.2, 0.25) is 5.78 Å². The monoisotopic (exact) mass is 400 g/mol. The van der Waals surface area contributed by atoms with E-state index in [9.17, 15) is 9.59 Å². The van der Waals surface area contributed by atoms with Gasteiger partial charge in [0.15, 0.2) is 12.4 Å². The second kappa shape index (κ2) is 8.66. The van der Waals surface area contributed by atoms with Gasteiger partial charge < -0.3 is 14.2 Å². The summed E-state index contributed by atoms with van der Waals surface area (Å²) in [6, 6.07) is 22.1. The molecule has 0 N–H and O–H groups in total. The van der Waals surface area contributed by atoms with Crippen molar-refractivity contribution in [2.24, 2.45) is 0 Å². The molecule has 0 radical (unpaired) electrons. The maximum absolute atomic E-state index is 12.6. The average Bonchev–Trinajstić information content (AvgIpc) is 3.07. The molecule has 0 atom stereocenters. The maximum atomic E-state index is 12.6. The minimum absolute atomic E-state index is 0.181. The number of benzene rings is 3. The minimum Gasteiger partial charge on any atom is -0.482 e. The lowest BCUT2D eigenvalue weighted by atomic mass is 10.1. The van der Waals surface area contributed by atoms with Crippen molar-refractivity contribution >= 4 is 17.8 Å². The highest BCUT2D eigenvalue weighted by molar-refractivity contribution is 6.14. The molecule has 3 aromatic carbocycles. The van der Waals surface area contributed by atoms with Crippen LogP contribution in [-0.4, -0.2) is 18.4 Å². The normalized spacial score (nSPS) is 13.6. The Bertz CT molecular complexity index is 1100. The van der Waals surface area contributed by atoms with Gasteiger partial charge in [-0.15, -0.1) is 0 Å². The molecular formula is C25H20O5. The van der Waals surface area contributed by atoms with Crippen LogP contribution >= 0.6 is 0 Å². The van der Waals surface area contributed by atoms with Crippen LogP contribution in [0, 0.1) is 6.92 Å². The van der Waals surface area contributed by atoms with E-state index in [1.807, 2.05) is 61.5 Å². The zero-order valence-corrected chi connectivity index (χ0v) is 16.5. The summed E-state index contributed by atoms with van der Waals surface area (Å²) < 4.78 is 16.4. The molecule has 0 fully saturated rings. The molecule has 5 heteroatoms. The first-order valence-electron chi connectivity index (χ1n) is 9.56. The molecule has 0 unspecified atom stereocenters. The molecule has 150 valence electrons. The number of ketones is 1. The van der Waals surface area contributed by atoms with Gasteiger partial charge in [-0.2, -0.15) is 0 Å². The number of aryl methyl sites for hydroxylation is 1. The van der Waals surface area contributed by atoms with E-state index in [2.05, 4.69) is 0 Å². The molecule has 0 spiro atoms. The molecule has 1 aliphatic heterocycles. The highest BCUT2D eigenvalue weighted by atomic mass is 16.6. The van der Waals surface area contributed by atoms with Gasteiger partial charge in [-0.25, -0.2) is 4.79 Å². The maximum Gasteiger partial charge on any atom is 0.344 e. The zero-order chi connectivity index (χ0) is 20.9. The van der Waals surface area contributed by atoms with Crippen LogP contribution in [0.15, 0.2) is 78.6 Å². The molecule has 0 amide bonds. The largest absolute Gasteiger partial charge is 0.482 e. The molecule has 1 heterocycles. The Balaban J connectivity index is 1.36. The molecule has 5 nitrogen and oxygen atoms in total. The lowest BCUT2D eigenvalue weighted by molar-refractivity contribution is -0.147. The van der Waals surface area contributed by atoms with E-state index in [4.69, 9.17) is 14.2 Å². The molecule has 0 saturated heterocycles. The lowest BCUT2D eigenvalue weighted by Gasteiger charge is -2.08. The third-order valence-electron chi connectivity index (χ3n) is 4.62. The summed E-state index contributed by atoms with van der Waals surface area (Å²) in [4.78, 5) is 24.5. The third-order valence-corrected chi connectivity index (χ3v) is 4.62. The summed E-state index contributed by atoms with van der Waals surface area (Å²) in [5.41, 5.74) is 3.40. The van der Waals surface area contributed by atoms with Gasteiger partial charge in [0, 0.05) is 6.07 Å². The number of allylic oxidation sites excluding steroid dienone is 1. The van der Waals surface area contributed by atoms with Gasteiger partial charge in [-0.3, -0.25) is 4.79 Å². The molecule has 0 aromatic heterocycles. The van der Waals surface area contributed by atoms with Gasteiger partial charge in [-0.1, -0.05) is 60.2 Å². The fourth-order valence-corrected chi connectivity index (χ4v) is 2.99. The number of ether oxygens (including phenoxy) is 3. The number of fused-ring (bicyclic) bond motifs is 1. The summed E-state index contributed by atoms with van der Waals surface area (Å²) >= 11 is 0. The summed E-state index contributed by atoms with van der Waals surface area (Å²) in [6.07, 6.45) is 1.71. The quantitative estimate of drug-likeness (QED) is 0.442. The topological polar surface area (TPSA) is 61.8 Å². The summed E-state index contributed by atoms with van der Waals surface area (Å²) in [5.74, 6) is 0.437. The number of carbonyl (C=O) groups is 2. The smallest absolute Gasteiger partial charge is 0.344 e. The van der Waals surface area contributed by atoms with Crippen LogP contribution in [0.3, 0.4) is 0 Å². The molecule has 4 rings (SSSR count). The summed E-state index contributed by atoms with van der Waals surface area (Å²) in [7, 11) is 0. The minimum atomic E-state index is -0.476. The predicted octanol–water partition coefficient (Wildman–Crippen LogP) is 4.73. The molecule has 0 bridgehead atoms. The third kappa shape index (κ3) is 4.58. The molecule has 1 aliphatic rings. The number of carbonyl (C=O) groups excluding carboxylic acids is 2. The molecule has 0 saturated carbocycles. The van der Waals surface area contributed by atoms with Crippen molar-refractivity contribution in [3.05, 3.63) is 101 Å². The van der Waals surface area contributed by atoms with Crippen LogP contribution in [-0.2, 0) is 16.1 Å². The van der Waals surface area contributed by atoms with Crippen LogP contribution in [0.1, 0.15) is 27.0 Å². The van der Waals surface area contributed by atoms with E-state index < -0.39 is 5.97 Å². The van der Waals surface area contributed by atoms with E-state index in [1.54, 1.807) is 24.3 Å². The average molecular weight is 400 g/mol. The van der Waals surface area contributed by atoms with Crippen LogP contribution in [0.4, 0.5) is 0 Å². The van der Waals surface area contributed by atoms with Crippen molar-refractivity contribution in [2.45, 2.75) is 13.5 Å². The van der Waals surface area contributed by atoms with Gasteiger partial charge in [-0.05, 0) is 36.3 Å². The van der Waals surface area contributed by atoms with Crippen molar-refractivity contribution in [3.63, 3.8) is 0 Å². The van der Waals surface area contributed by atoms with Crippen LogP contribution in [0.5, 0.6) is 11.5 Å². The summed E-state index contributed by atoms with van der Waals surface area (Å²) in [6.45, 7) is 1.96. The van der Waals surface area contributed by atoms with E-state index in [0.29, 0.717) is 17.1 Å². The number of hydrogen-bond acceptors (Lipinski definition) is 5. The second-order valence-electron chi connectivity index (χ2n) is 6.94. The van der Waals surface area contributed by atoms with Crippen molar-refractivity contribution in [2.75, 3.05) is 6.61 Å². The Morgan fingerprint density at radius 3 is 2.53 bits per heavy atom. The first kappa shape index (κ1) is 19.5. The fourth-order valence-electron chi connectivity index (χ4n) is 2.99. The van der Waals surface area contributed by atoms with Crippen LogP contribution in [0.2, 0.25) is 0 Å². The summed E-state index contributed by atoms with van der Waals surface area (Å²) in [5, 5.41) is 0. The number of esters is 1. The van der Waals surface area contributed by atoms with Crippen molar-refractivity contribution in [1.82, 2.24) is 0 Å². The van der Waals surface area contributed by atoms with Crippen LogP contribution < -0.4 is 9.47 Å². The Morgan fingerprint density at radius 1 is 1.00 bits per heavy atom. The number of rotatable bonds is 6. The first-order valence-corrected chi connectivity index (χ1v) is 9.56. The Labute approximate surface area is 174 Å². The lowest BCUT2D eigenvalue weighted by Crippen LogP contribution is -2.14. The van der Waals surface area contributed by atoms with E-state index in [0.717, 1.165) is 16.7 Å². The van der Waals surface area contributed by atoms with Gasteiger partial charge >= 0.3 is 5.97 Å². The Hall–Kier alpha value is -3.86. The fraction of sp³-hybridized carbons (Fsp3) is 0.120. The Kier molecular flexibility index (Phi) is 5.61. The number of hydrogen-bond donors (Lipinski definition) is 0. The van der Waals surface area contributed by atoms with Crippen molar-refractivity contribution in [3.8, 4) is 11.5 Å². The van der Waals surface area contributed by atoms with Crippen molar-refractivity contribution in [1.29, 1.82) is 0 Å². The SMILES string of the molecule is Cc1ccc(/C=C2\Oc3cc(OCC(=O)OCc4ccccc4)ccc3C2=O)cc1.